The number of nitrogens with one attached hydrogen (secondary N) is 1. The molecule has 174 valence electrons. The number of benzene rings is 1. The maximum atomic E-state index is 12.9. The van der Waals surface area contributed by atoms with Gasteiger partial charge in [0.25, 0.3) is 0 Å². The highest BCUT2D eigenvalue weighted by Crippen LogP contribution is 2.27. The van der Waals surface area contributed by atoms with Crippen LogP contribution in [0.1, 0.15) is 6.92 Å². The Kier molecular flexibility index (Phi) is 7.92. The van der Waals surface area contributed by atoms with Crippen LogP contribution in [0.2, 0.25) is 0 Å². The number of rotatable bonds is 9. The van der Waals surface area contributed by atoms with E-state index in [2.05, 4.69) is 25.4 Å². The average molecular weight is 469 g/mol. The van der Waals surface area contributed by atoms with E-state index in [9.17, 15) is 4.79 Å². The van der Waals surface area contributed by atoms with Crippen LogP contribution in [0.25, 0.3) is 11.4 Å². The normalized spacial score (nSPS) is 14.8. The molecule has 1 fully saturated rings. The molecule has 0 aliphatic carbocycles. The molecule has 1 aliphatic heterocycles. The number of carbonyl (C=O) groups excluding carboxylic acids is 1. The molecule has 1 saturated heterocycles. The van der Waals surface area contributed by atoms with Gasteiger partial charge in [0, 0.05) is 49.5 Å². The van der Waals surface area contributed by atoms with Gasteiger partial charge in [0.2, 0.25) is 5.91 Å². The number of aromatic nitrogens is 4. The maximum absolute atomic E-state index is 12.9. The van der Waals surface area contributed by atoms with Crippen LogP contribution in [-0.4, -0.2) is 70.9 Å². The van der Waals surface area contributed by atoms with Gasteiger partial charge in [-0.3, -0.25) is 14.3 Å². The van der Waals surface area contributed by atoms with Crippen LogP contribution >= 0.6 is 11.8 Å². The molecule has 33 heavy (non-hydrogen) atoms. The molecule has 1 amide bonds. The Morgan fingerprint density at radius 2 is 1.88 bits per heavy atom. The number of thioether (sulfide) groups is 1. The van der Waals surface area contributed by atoms with Crippen LogP contribution in [0.4, 0.5) is 11.4 Å². The van der Waals surface area contributed by atoms with E-state index in [1.165, 1.54) is 11.8 Å². The first-order valence-corrected chi connectivity index (χ1v) is 11.8. The van der Waals surface area contributed by atoms with Gasteiger partial charge in [-0.1, -0.05) is 11.8 Å². The zero-order valence-corrected chi connectivity index (χ0v) is 19.6. The third-order valence-corrected chi connectivity index (χ3v) is 6.42. The quantitative estimate of drug-likeness (QED) is 0.479. The van der Waals surface area contributed by atoms with Gasteiger partial charge in [-0.25, -0.2) is 0 Å². The van der Waals surface area contributed by atoms with Gasteiger partial charge in [0.1, 0.15) is 0 Å². The van der Waals surface area contributed by atoms with E-state index < -0.39 is 0 Å². The molecule has 1 N–H and O–H groups in total. The van der Waals surface area contributed by atoms with E-state index >= 15 is 0 Å². The topological polar surface area (TPSA) is 94.4 Å². The lowest BCUT2D eigenvalue weighted by Gasteiger charge is -2.28. The van der Waals surface area contributed by atoms with Crippen molar-refractivity contribution in [3.05, 3.63) is 48.8 Å². The number of nitrogens with zero attached hydrogens (tertiary/aromatic N) is 5. The van der Waals surface area contributed by atoms with Crippen LogP contribution in [0.3, 0.4) is 0 Å². The highest BCUT2D eigenvalue weighted by Gasteiger charge is 2.21. The zero-order valence-electron chi connectivity index (χ0n) is 18.8. The Labute approximate surface area is 197 Å². The minimum Gasteiger partial charge on any atom is -0.383 e. The lowest BCUT2D eigenvalue weighted by molar-refractivity contribution is -0.115. The lowest BCUT2D eigenvalue weighted by atomic mass is 10.2. The second-order valence-electron chi connectivity index (χ2n) is 7.58. The van der Waals surface area contributed by atoms with Gasteiger partial charge in [0.05, 0.1) is 31.6 Å². The lowest BCUT2D eigenvalue weighted by Crippen LogP contribution is -2.36. The molecule has 10 heteroatoms. The monoisotopic (exact) mass is 468 g/mol. The van der Waals surface area contributed by atoms with Gasteiger partial charge < -0.3 is 19.7 Å². The number of morpholine rings is 1. The highest BCUT2D eigenvalue weighted by molar-refractivity contribution is 8.00. The van der Waals surface area contributed by atoms with E-state index in [0.29, 0.717) is 18.3 Å². The van der Waals surface area contributed by atoms with Crippen molar-refractivity contribution in [3.8, 4) is 11.4 Å². The second-order valence-corrected chi connectivity index (χ2v) is 8.89. The highest BCUT2D eigenvalue weighted by atomic mass is 32.2. The summed E-state index contributed by atoms with van der Waals surface area (Å²) in [5.74, 6) is 0.633. The predicted octanol–water partition coefficient (Wildman–Crippen LogP) is 2.94. The summed E-state index contributed by atoms with van der Waals surface area (Å²) in [5.41, 5.74) is 2.81. The number of anilines is 2. The summed E-state index contributed by atoms with van der Waals surface area (Å²) in [5, 5.41) is 12.0. The van der Waals surface area contributed by atoms with E-state index in [4.69, 9.17) is 9.47 Å². The summed E-state index contributed by atoms with van der Waals surface area (Å²) >= 11 is 1.37. The van der Waals surface area contributed by atoms with Crippen LogP contribution < -0.4 is 10.2 Å². The number of hydrogen-bond donors (Lipinski definition) is 1. The molecule has 0 radical (unpaired) electrons. The third-order valence-electron chi connectivity index (χ3n) is 5.34. The Morgan fingerprint density at radius 3 is 2.58 bits per heavy atom. The SMILES string of the molecule is COCCn1c(S[C@@H](C)C(=O)Nc2ccc(N3CCOCC3)cc2)nnc1-c1ccncc1. The molecule has 1 atom stereocenters. The first-order valence-electron chi connectivity index (χ1n) is 10.9. The van der Waals surface area contributed by atoms with Gasteiger partial charge in [0.15, 0.2) is 11.0 Å². The molecule has 0 spiro atoms. The van der Waals surface area contributed by atoms with Crippen LogP contribution in [-0.2, 0) is 20.8 Å². The van der Waals surface area contributed by atoms with Crippen molar-refractivity contribution >= 4 is 29.0 Å². The minimum absolute atomic E-state index is 0.0918. The fourth-order valence-electron chi connectivity index (χ4n) is 3.51. The minimum atomic E-state index is -0.361. The zero-order chi connectivity index (χ0) is 23.0. The van der Waals surface area contributed by atoms with Crippen LogP contribution in [0, 0.1) is 0 Å². The van der Waals surface area contributed by atoms with Gasteiger partial charge >= 0.3 is 0 Å². The molecule has 9 nitrogen and oxygen atoms in total. The summed E-state index contributed by atoms with van der Waals surface area (Å²) in [6.07, 6.45) is 3.44. The smallest absolute Gasteiger partial charge is 0.237 e. The molecule has 1 aliphatic rings. The summed E-state index contributed by atoms with van der Waals surface area (Å²) in [6.45, 7) is 6.20. The van der Waals surface area contributed by atoms with Crippen LogP contribution in [0.5, 0.6) is 0 Å². The number of hydrogen-bond acceptors (Lipinski definition) is 8. The number of carbonyl (C=O) groups is 1. The standard InChI is InChI=1S/C23H28N6O3S/c1-17(22(30)25-19-3-5-20(6-4-19)28-11-15-32-16-12-28)33-23-27-26-21(29(23)13-14-31-2)18-7-9-24-10-8-18/h3-10,17H,11-16H2,1-2H3,(H,25,30)/t17-/m0/s1. The predicted molar refractivity (Wildman–Crippen MR) is 129 cm³/mol. The second kappa shape index (κ2) is 11.3. The largest absolute Gasteiger partial charge is 0.383 e. The molecule has 0 saturated carbocycles. The molecule has 4 rings (SSSR count). The van der Waals surface area contributed by atoms with E-state index in [1.54, 1.807) is 19.5 Å². The summed E-state index contributed by atoms with van der Waals surface area (Å²) in [4.78, 5) is 19.2. The van der Waals surface area contributed by atoms with E-state index in [-0.39, 0.29) is 11.2 Å². The van der Waals surface area contributed by atoms with Crippen molar-refractivity contribution in [2.45, 2.75) is 23.9 Å². The Balaban J connectivity index is 1.41. The number of amides is 1. The fraction of sp³-hybridized carbons (Fsp3) is 0.391. The van der Waals surface area contributed by atoms with Crippen molar-refractivity contribution in [1.29, 1.82) is 0 Å². The van der Waals surface area contributed by atoms with Gasteiger partial charge in [-0.15, -0.1) is 10.2 Å². The van der Waals surface area contributed by atoms with Crippen molar-refractivity contribution in [1.82, 2.24) is 19.7 Å². The molecule has 3 aromatic rings. The fourth-order valence-corrected chi connectivity index (χ4v) is 4.38. The van der Waals surface area contributed by atoms with Crippen molar-refractivity contribution in [2.24, 2.45) is 0 Å². The Hall–Kier alpha value is -2.95. The summed E-state index contributed by atoms with van der Waals surface area (Å²) < 4.78 is 12.6. The van der Waals surface area contributed by atoms with Gasteiger partial charge in [-0.05, 0) is 43.3 Å². The average Bonchev–Trinajstić information content (AvgIpc) is 3.26. The van der Waals surface area contributed by atoms with Crippen molar-refractivity contribution in [2.75, 3.05) is 50.2 Å². The van der Waals surface area contributed by atoms with E-state index in [0.717, 1.165) is 49.1 Å². The van der Waals surface area contributed by atoms with Gasteiger partial charge in [-0.2, -0.15) is 0 Å². The third kappa shape index (κ3) is 5.89. The molecule has 0 unspecified atom stereocenters. The number of ether oxygens (including phenoxy) is 2. The van der Waals surface area contributed by atoms with E-state index in [1.807, 2.05) is 47.9 Å². The summed E-state index contributed by atoms with van der Waals surface area (Å²) in [7, 11) is 1.66. The maximum Gasteiger partial charge on any atom is 0.237 e. The summed E-state index contributed by atoms with van der Waals surface area (Å²) in [6, 6.07) is 11.7. The Bertz CT molecular complexity index is 1040. The molecule has 1 aromatic carbocycles. The number of methoxy groups -OCH3 is 1. The Morgan fingerprint density at radius 1 is 1.15 bits per heavy atom. The first kappa shape index (κ1) is 23.2. The van der Waals surface area contributed by atoms with Crippen molar-refractivity contribution in [3.63, 3.8) is 0 Å². The van der Waals surface area contributed by atoms with Crippen LogP contribution in [0.15, 0.2) is 53.9 Å². The van der Waals surface area contributed by atoms with Crippen molar-refractivity contribution < 1.29 is 14.3 Å². The molecular formula is C23H28N6O3S. The first-order chi connectivity index (χ1) is 16.2. The molecule has 0 bridgehead atoms. The number of pyridine rings is 1. The molecule has 2 aromatic heterocycles. The molecular weight excluding hydrogens is 440 g/mol. The molecule has 3 heterocycles.